The molecule has 0 fully saturated rings. The molecule has 1 N–H and O–H groups in total. The molecule has 0 atom stereocenters. The van der Waals surface area contributed by atoms with Gasteiger partial charge in [-0.25, -0.2) is 4.79 Å². The second kappa shape index (κ2) is 8.56. The summed E-state index contributed by atoms with van der Waals surface area (Å²) in [5.41, 5.74) is 0.962. The highest BCUT2D eigenvalue weighted by atomic mass is 32.1. The normalized spacial score (nSPS) is 10.4. The maximum absolute atomic E-state index is 11.4. The fourth-order valence-electron chi connectivity index (χ4n) is 1.81. The van der Waals surface area contributed by atoms with Gasteiger partial charge in [0.1, 0.15) is 0 Å². The fraction of sp³-hybridized carbons (Fsp3) is 0.533. The molecule has 0 aliphatic heterocycles. The predicted octanol–water partition coefficient (Wildman–Crippen LogP) is 2.89. The lowest BCUT2D eigenvalue weighted by Gasteiger charge is -2.07. The van der Waals surface area contributed by atoms with Crippen molar-refractivity contribution in [3.63, 3.8) is 0 Å². The molecule has 6 heteroatoms. The summed E-state index contributed by atoms with van der Waals surface area (Å²) in [7, 11) is 0. The summed E-state index contributed by atoms with van der Waals surface area (Å²) in [6.45, 7) is 8.14. The molecule has 0 saturated heterocycles. The molecule has 0 amide bonds. The minimum atomic E-state index is -0.329. The first-order chi connectivity index (χ1) is 9.91. The van der Waals surface area contributed by atoms with Gasteiger partial charge >= 0.3 is 5.97 Å². The van der Waals surface area contributed by atoms with Gasteiger partial charge in [-0.2, -0.15) is 0 Å². The highest BCUT2D eigenvalue weighted by Gasteiger charge is 2.02. The number of H-pyrrole nitrogens is 1. The number of aromatic amines is 1. The summed E-state index contributed by atoms with van der Waals surface area (Å²) < 4.78 is 7.36. The van der Waals surface area contributed by atoms with Crippen LogP contribution in [-0.4, -0.2) is 22.1 Å². The lowest BCUT2D eigenvalue weighted by atomic mass is 10.2. The molecule has 0 aliphatic rings. The monoisotopic (exact) mass is 310 g/mol. The van der Waals surface area contributed by atoms with Gasteiger partial charge in [-0.3, -0.25) is 9.78 Å². The molecular formula is C15H22N2O3S. The summed E-state index contributed by atoms with van der Waals surface area (Å²) in [4.78, 5) is 25.2. The highest BCUT2D eigenvalue weighted by molar-refractivity contribution is 7.71. The van der Waals surface area contributed by atoms with Crippen molar-refractivity contribution in [2.75, 3.05) is 6.61 Å². The van der Waals surface area contributed by atoms with E-state index < -0.39 is 0 Å². The van der Waals surface area contributed by atoms with Crippen LogP contribution in [0.2, 0.25) is 0 Å². The van der Waals surface area contributed by atoms with E-state index in [9.17, 15) is 9.59 Å². The SMILES string of the molecule is C=C(C)C(=O)OCCCCCCn1cc(C)c(=O)[nH]c1=S. The van der Waals surface area contributed by atoms with E-state index in [0.29, 0.717) is 22.5 Å². The Morgan fingerprint density at radius 1 is 1.38 bits per heavy atom. The molecular weight excluding hydrogens is 288 g/mol. The van der Waals surface area contributed by atoms with E-state index >= 15 is 0 Å². The molecule has 0 unspecified atom stereocenters. The topological polar surface area (TPSA) is 64.1 Å². The van der Waals surface area contributed by atoms with Gasteiger partial charge in [0.15, 0.2) is 4.77 Å². The highest BCUT2D eigenvalue weighted by Crippen LogP contribution is 2.04. The van der Waals surface area contributed by atoms with E-state index in [-0.39, 0.29) is 11.5 Å². The van der Waals surface area contributed by atoms with Crippen LogP contribution < -0.4 is 5.56 Å². The number of hydrogen-bond acceptors (Lipinski definition) is 4. The Labute approximate surface area is 129 Å². The number of hydrogen-bond donors (Lipinski definition) is 1. The summed E-state index contributed by atoms with van der Waals surface area (Å²) in [6, 6.07) is 0. The third kappa shape index (κ3) is 6.08. The van der Waals surface area contributed by atoms with Crippen molar-refractivity contribution in [3.05, 3.63) is 39.0 Å². The molecule has 0 radical (unpaired) electrons. The minimum absolute atomic E-state index is 0.129. The molecule has 21 heavy (non-hydrogen) atoms. The molecule has 1 aromatic heterocycles. The van der Waals surface area contributed by atoms with Gasteiger partial charge in [-0.1, -0.05) is 13.0 Å². The molecule has 0 spiro atoms. The zero-order valence-electron chi connectivity index (χ0n) is 12.6. The Morgan fingerprint density at radius 3 is 2.71 bits per heavy atom. The van der Waals surface area contributed by atoms with Crippen LogP contribution in [0.25, 0.3) is 0 Å². The van der Waals surface area contributed by atoms with Crippen LogP contribution in [0.15, 0.2) is 23.1 Å². The van der Waals surface area contributed by atoms with Crippen LogP contribution in [0.5, 0.6) is 0 Å². The maximum atomic E-state index is 11.4. The molecule has 1 aromatic rings. The minimum Gasteiger partial charge on any atom is -0.462 e. The number of nitrogens with one attached hydrogen (secondary N) is 1. The standard InChI is InChI=1S/C15H22N2O3S/c1-11(2)14(19)20-9-7-5-4-6-8-17-10-12(3)13(18)16-15(17)21/h10H,1,4-9H2,2-3H3,(H,16,18,21). The van der Waals surface area contributed by atoms with Crippen molar-refractivity contribution in [2.24, 2.45) is 0 Å². The Bertz CT molecular complexity index is 616. The molecule has 0 aromatic carbocycles. The third-order valence-electron chi connectivity index (χ3n) is 3.06. The summed E-state index contributed by atoms with van der Waals surface area (Å²) >= 11 is 5.11. The second-order valence-electron chi connectivity index (χ2n) is 5.10. The van der Waals surface area contributed by atoms with Gasteiger partial charge in [0.25, 0.3) is 5.56 Å². The predicted molar refractivity (Wildman–Crippen MR) is 84.9 cm³/mol. The Hall–Kier alpha value is -1.69. The van der Waals surface area contributed by atoms with Crippen LogP contribution in [0, 0.1) is 11.7 Å². The van der Waals surface area contributed by atoms with E-state index in [4.69, 9.17) is 17.0 Å². The first-order valence-corrected chi connectivity index (χ1v) is 7.45. The van der Waals surface area contributed by atoms with Crippen molar-refractivity contribution in [2.45, 2.75) is 46.1 Å². The number of aryl methyl sites for hydroxylation is 2. The Balaban J connectivity index is 2.22. The molecule has 116 valence electrons. The van der Waals surface area contributed by atoms with Crippen LogP contribution in [-0.2, 0) is 16.1 Å². The quantitative estimate of drug-likeness (QED) is 0.347. The summed E-state index contributed by atoms with van der Waals surface area (Å²) in [5, 5.41) is 0. The van der Waals surface area contributed by atoms with E-state index in [0.717, 1.165) is 32.2 Å². The van der Waals surface area contributed by atoms with E-state index in [2.05, 4.69) is 11.6 Å². The van der Waals surface area contributed by atoms with Gasteiger partial charge in [0, 0.05) is 23.9 Å². The van der Waals surface area contributed by atoms with E-state index in [1.807, 2.05) is 4.57 Å². The molecule has 0 aliphatic carbocycles. The number of carbonyl (C=O) groups is 1. The number of unbranched alkanes of at least 4 members (excludes halogenated alkanes) is 3. The maximum Gasteiger partial charge on any atom is 0.333 e. The zero-order valence-corrected chi connectivity index (χ0v) is 13.4. The van der Waals surface area contributed by atoms with Crippen molar-refractivity contribution in [3.8, 4) is 0 Å². The first kappa shape index (κ1) is 17.4. The number of ether oxygens (including phenoxy) is 1. The lowest BCUT2D eigenvalue weighted by Crippen LogP contribution is -2.15. The van der Waals surface area contributed by atoms with E-state index in [1.54, 1.807) is 20.0 Å². The second-order valence-corrected chi connectivity index (χ2v) is 5.48. The van der Waals surface area contributed by atoms with Crippen molar-refractivity contribution in [1.82, 2.24) is 9.55 Å². The van der Waals surface area contributed by atoms with Gasteiger partial charge in [0.05, 0.1) is 6.61 Å². The van der Waals surface area contributed by atoms with Crippen molar-refractivity contribution in [1.29, 1.82) is 0 Å². The first-order valence-electron chi connectivity index (χ1n) is 7.05. The number of esters is 1. The largest absolute Gasteiger partial charge is 0.462 e. The fourth-order valence-corrected chi connectivity index (χ4v) is 2.05. The van der Waals surface area contributed by atoms with Gasteiger partial charge in [0.2, 0.25) is 0 Å². The van der Waals surface area contributed by atoms with E-state index in [1.165, 1.54) is 0 Å². The van der Waals surface area contributed by atoms with Gasteiger partial charge in [-0.05, 0) is 45.3 Å². The van der Waals surface area contributed by atoms with Crippen LogP contribution in [0.4, 0.5) is 0 Å². The number of nitrogens with zero attached hydrogens (tertiary/aromatic N) is 1. The molecule has 5 nitrogen and oxygen atoms in total. The summed E-state index contributed by atoms with van der Waals surface area (Å²) in [6.07, 6.45) is 5.60. The summed E-state index contributed by atoms with van der Waals surface area (Å²) in [5.74, 6) is -0.329. The smallest absolute Gasteiger partial charge is 0.333 e. The van der Waals surface area contributed by atoms with Crippen molar-refractivity contribution >= 4 is 18.2 Å². The van der Waals surface area contributed by atoms with Crippen LogP contribution in [0.3, 0.4) is 0 Å². The van der Waals surface area contributed by atoms with Crippen molar-refractivity contribution < 1.29 is 9.53 Å². The van der Waals surface area contributed by atoms with Crippen LogP contribution in [0.1, 0.15) is 38.2 Å². The third-order valence-corrected chi connectivity index (χ3v) is 3.40. The molecule has 1 rings (SSSR count). The van der Waals surface area contributed by atoms with Gasteiger partial charge < -0.3 is 9.30 Å². The van der Waals surface area contributed by atoms with Crippen LogP contribution >= 0.6 is 12.2 Å². The number of rotatable bonds is 8. The average molecular weight is 310 g/mol. The van der Waals surface area contributed by atoms with Gasteiger partial charge in [-0.15, -0.1) is 0 Å². The Morgan fingerprint density at radius 2 is 2.05 bits per heavy atom. The molecule has 1 heterocycles. The average Bonchev–Trinajstić information content (AvgIpc) is 2.42. The Kier molecular flexibility index (Phi) is 7.08. The molecule has 0 saturated carbocycles. The number of aromatic nitrogens is 2. The molecule has 0 bridgehead atoms. The lowest BCUT2D eigenvalue weighted by molar-refractivity contribution is -0.139. The zero-order chi connectivity index (χ0) is 15.8. The number of carbonyl (C=O) groups excluding carboxylic acids is 1.